The van der Waals surface area contributed by atoms with Crippen LogP contribution in [0.2, 0.25) is 0 Å². The Balaban J connectivity index is 1.75. The monoisotopic (exact) mass is 359 g/mol. The first kappa shape index (κ1) is 18.1. The Kier molecular flexibility index (Phi) is 3.88. The van der Waals surface area contributed by atoms with E-state index in [9.17, 15) is 19.5 Å². The van der Waals surface area contributed by atoms with Crippen LogP contribution in [0.4, 0.5) is 0 Å². The van der Waals surface area contributed by atoms with Crippen LogP contribution >= 0.6 is 0 Å². The Bertz CT molecular complexity index is 728. The van der Waals surface area contributed by atoms with Crippen LogP contribution in [0.15, 0.2) is 11.6 Å². The first-order chi connectivity index (χ1) is 12.2. The van der Waals surface area contributed by atoms with E-state index in [-0.39, 0.29) is 53.5 Å². The summed E-state index contributed by atoms with van der Waals surface area (Å²) >= 11 is 0. The second kappa shape index (κ2) is 5.59. The molecule has 5 heteroatoms. The predicted octanol–water partition coefficient (Wildman–Crippen LogP) is 1.96. The van der Waals surface area contributed by atoms with Gasteiger partial charge in [-0.25, -0.2) is 0 Å². The molecule has 0 aromatic rings. The maximum atomic E-state index is 13.4. The number of rotatable bonds is 2. The van der Waals surface area contributed by atoms with Gasteiger partial charge in [0, 0.05) is 24.2 Å². The summed E-state index contributed by atoms with van der Waals surface area (Å²) in [6.07, 6.45) is 6.13. The number of carbonyl (C=O) groups is 3. The number of nitrogens with two attached hydrogens (primary N) is 1. The summed E-state index contributed by atoms with van der Waals surface area (Å²) in [6.45, 7) is 3.88. The lowest BCUT2D eigenvalue weighted by atomic mass is 9.46. The third-order valence-corrected chi connectivity index (χ3v) is 8.45. The van der Waals surface area contributed by atoms with Crippen molar-refractivity contribution >= 4 is 17.3 Å². The van der Waals surface area contributed by atoms with Gasteiger partial charge in [-0.3, -0.25) is 14.4 Å². The van der Waals surface area contributed by atoms with Crippen molar-refractivity contribution in [1.82, 2.24) is 0 Å². The molecule has 3 saturated carbocycles. The molecule has 6 unspecified atom stereocenters. The van der Waals surface area contributed by atoms with E-state index in [0.717, 1.165) is 31.3 Å². The molecule has 26 heavy (non-hydrogen) atoms. The summed E-state index contributed by atoms with van der Waals surface area (Å²) in [7, 11) is 0. The zero-order valence-electron chi connectivity index (χ0n) is 15.7. The Labute approximate surface area is 154 Å². The molecule has 0 saturated heterocycles. The summed E-state index contributed by atoms with van der Waals surface area (Å²) in [5.74, 6) is 0.232. The minimum absolute atomic E-state index is 0.0935. The molecular formula is C21H29NO4. The lowest BCUT2D eigenvalue weighted by molar-refractivity contribution is -0.168. The molecule has 142 valence electrons. The van der Waals surface area contributed by atoms with Gasteiger partial charge in [0.15, 0.2) is 11.6 Å². The van der Waals surface area contributed by atoms with Crippen LogP contribution in [0.1, 0.15) is 58.8 Å². The topological polar surface area (TPSA) is 97.5 Å². The highest BCUT2D eigenvalue weighted by Crippen LogP contribution is 2.66. The minimum Gasteiger partial charge on any atom is -0.381 e. The van der Waals surface area contributed by atoms with E-state index in [1.165, 1.54) is 0 Å². The normalized spacial score (nSPS) is 47.7. The van der Waals surface area contributed by atoms with Gasteiger partial charge in [-0.05, 0) is 55.4 Å². The molecule has 4 rings (SSSR count). The largest absolute Gasteiger partial charge is 0.381 e. The molecule has 3 fully saturated rings. The number of hydrogen-bond acceptors (Lipinski definition) is 5. The molecule has 0 bridgehead atoms. The quantitative estimate of drug-likeness (QED) is 0.785. The summed E-state index contributed by atoms with van der Waals surface area (Å²) in [5, 5.41) is 11.2. The highest BCUT2D eigenvalue weighted by molar-refractivity contribution is 5.94. The Hall–Kier alpha value is -1.33. The van der Waals surface area contributed by atoms with E-state index in [1.807, 2.05) is 6.92 Å². The standard InChI is InChI=1S/C21H29NO4/c1-19-7-5-13(23)9-12(19)3-4-14-15-6-8-21(26,17(25)11-22)20(15,2)10-16(24)18(14)19/h9,14-15,18,26H,3-8,10-11,22H2,1-2H3. The fourth-order valence-electron chi connectivity index (χ4n) is 7.01. The second-order valence-corrected chi connectivity index (χ2v) is 9.43. The van der Waals surface area contributed by atoms with Gasteiger partial charge in [-0.1, -0.05) is 19.4 Å². The molecule has 0 radical (unpaired) electrons. The van der Waals surface area contributed by atoms with Crippen molar-refractivity contribution in [3.8, 4) is 0 Å². The average molecular weight is 359 g/mol. The van der Waals surface area contributed by atoms with Crippen molar-refractivity contribution in [1.29, 1.82) is 0 Å². The number of hydrogen-bond donors (Lipinski definition) is 2. The van der Waals surface area contributed by atoms with Gasteiger partial charge in [-0.2, -0.15) is 0 Å². The predicted molar refractivity (Wildman–Crippen MR) is 96.1 cm³/mol. The highest BCUT2D eigenvalue weighted by Gasteiger charge is 2.68. The van der Waals surface area contributed by atoms with Crippen molar-refractivity contribution in [2.45, 2.75) is 64.4 Å². The number of allylic oxidation sites excluding steroid dienone is 1. The van der Waals surface area contributed by atoms with Gasteiger partial charge < -0.3 is 10.8 Å². The third kappa shape index (κ3) is 2.07. The van der Waals surface area contributed by atoms with Gasteiger partial charge >= 0.3 is 0 Å². The van der Waals surface area contributed by atoms with Gasteiger partial charge in [0.1, 0.15) is 11.4 Å². The molecular weight excluding hydrogens is 330 g/mol. The fourth-order valence-corrected chi connectivity index (χ4v) is 7.01. The Morgan fingerprint density at radius 1 is 1.23 bits per heavy atom. The van der Waals surface area contributed by atoms with Crippen LogP contribution in [-0.2, 0) is 14.4 Å². The van der Waals surface area contributed by atoms with Crippen LogP contribution in [0.5, 0.6) is 0 Å². The smallest absolute Gasteiger partial charge is 0.178 e. The zero-order valence-corrected chi connectivity index (χ0v) is 15.7. The van der Waals surface area contributed by atoms with Gasteiger partial charge in [0.05, 0.1) is 6.54 Å². The first-order valence-electron chi connectivity index (χ1n) is 9.90. The van der Waals surface area contributed by atoms with Crippen LogP contribution in [0, 0.1) is 28.6 Å². The second-order valence-electron chi connectivity index (χ2n) is 9.43. The lowest BCUT2D eigenvalue weighted by Crippen LogP contribution is -2.61. The fraction of sp³-hybridized carbons (Fsp3) is 0.762. The molecule has 0 aliphatic heterocycles. The number of aliphatic hydroxyl groups is 1. The molecule has 3 N–H and O–H groups in total. The molecule has 4 aliphatic carbocycles. The number of Topliss-reactive ketones (excluding diaryl/α,β-unsaturated/α-hetero) is 2. The van der Waals surface area contributed by atoms with E-state index in [1.54, 1.807) is 6.08 Å². The molecule has 4 aliphatic rings. The van der Waals surface area contributed by atoms with Crippen molar-refractivity contribution in [2.75, 3.05) is 6.54 Å². The Morgan fingerprint density at radius 2 is 1.96 bits per heavy atom. The maximum absolute atomic E-state index is 13.4. The lowest BCUT2D eigenvalue weighted by Gasteiger charge is -2.57. The van der Waals surface area contributed by atoms with Crippen molar-refractivity contribution in [3.63, 3.8) is 0 Å². The molecule has 5 nitrogen and oxygen atoms in total. The van der Waals surface area contributed by atoms with Gasteiger partial charge in [0.25, 0.3) is 0 Å². The SMILES string of the molecule is CC12CCC(=O)C=C1CCC1C2C(=O)CC2(C)C1CCC2(O)C(=O)CN. The van der Waals surface area contributed by atoms with Gasteiger partial charge in [-0.15, -0.1) is 0 Å². The van der Waals surface area contributed by atoms with Crippen LogP contribution in [-0.4, -0.2) is 34.6 Å². The molecule has 0 heterocycles. The summed E-state index contributed by atoms with van der Waals surface area (Å²) < 4.78 is 0. The highest BCUT2D eigenvalue weighted by atomic mass is 16.3. The summed E-state index contributed by atoms with van der Waals surface area (Å²) in [6, 6.07) is 0. The summed E-state index contributed by atoms with van der Waals surface area (Å²) in [5.41, 5.74) is 4.27. The van der Waals surface area contributed by atoms with E-state index in [0.29, 0.717) is 12.8 Å². The number of ketones is 3. The third-order valence-electron chi connectivity index (χ3n) is 8.45. The minimum atomic E-state index is -1.48. The molecule has 0 aromatic heterocycles. The zero-order chi connectivity index (χ0) is 18.9. The summed E-state index contributed by atoms with van der Waals surface area (Å²) in [4.78, 5) is 37.7. The van der Waals surface area contributed by atoms with Gasteiger partial charge in [0.2, 0.25) is 0 Å². The van der Waals surface area contributed by atoms with Crippen LogP contribution in [0.3, 0.4) is 0 Å². The molecule has 0 aromatic carbocycles. The molecule has 0 spiro atoms. The number of carbonyl (C=O) groups excluding carboxylic acids is 3. The van der Waals surface area contributed by atoms with Crippen LogP contribution < -0.4 is 5.73 Å². The van der Waals surface area contributed by atoms with E-state index < -0.39 is 11.0 Å². The van der Waals surface area contributed by atoms with E-state index >= 15 is 0 Å². The molecule has 0 amide bonds. The first-order valence-corrected chi connectivity index (χ1v) is 9.90. The Morgan fingerprint density at radius 3 is 2.65 bits per heavy atom. The van der Waals surface area contributed by atoms with E-state index in [4.69, 9.17) is 5.73 Å². The van der Waals surface area contributed by atoms with Crippen LogP contribution in [0.25, 0.3) is 0 Å². The molecule has 6 atom stereocenters. The van der Waals surface area contributed by atoms with Crippen molar-refractivity contribution < 1.29 is 19.5 Å². The maximum Gasteiger partial charge on any atom is 0.178 e. The van der Waals surface area contributed by atoms with Crippen molar-refractivity contribution in [2.24, 2.45) is 34.3 Å². The average Bonchev–Trinajstić information content (AvgIpc) is 2.86. The van der Waals surface area contributed by atoms with Crippen molar-refractivity contribution in [3.05, 3.63) is 11.6 Å². The van der Waals surface area contributed by atoms with E-state index in [2.05, 4.69) is 6.92 Å². The number of fused-ring (bicyclic) bond motifs is 5.